The molecule has 7 rings (SSSR count). The zero-order chi connectivity index (χ0) is 24.1. The Hall–Kier alpha value is -1.86. The zero-order valence-corrected chi connectivity index (χ0v) is 20.7. The minimum Gasteiger partial charge on any atom is -0.387 e. The van der Waals surface area contributed by atoms with Crippen LogP contribution < -0.4 is 0 Å². The number of hydrogen-bond donors (Lipinski definition) is 1. The molecule has 35 heavy (non-hydrogen) atoms. The predicted molar refractivity (Wildman–Crippen MR) is 128 cm³/mol. The van der Waals surface area contributed by atoms with E-state index in [1.54, 1.807) is 13.2 Å². The third kappa shape index (κ3) is 3.09. The lowest BCUT2D eigenvalue weighted by atomic mass is 9.49. The second-order valence-corrected chi connectivity index (χ2v) is 12.6. The van der Waals surface area contributed by atoms with Gasteiger partial charge in [0.25, 0.3) is 0 Å². The van der Waals surface area contributed by atoms with E-state index in [2.05, 4.69) is 17.1 Å². The molecule has 5 aliphatic carbocycles. The molecule has 7 heteroatoms. The van der Waals surface area contributed by atoms with E-state index >= 15 is 0 Å². The summed E-state index contributed by atoms with van der Waals surface area (Å²) in [6.45, 7) is 2.54. The van der Waals surface area contributed by atoms with Gasteiger partial charge >= 0.3 is 0 Å². The Kier molecular flexibility index (Phi) is 4.84. The van der Waals surface area contributed by atoms with Crippen LogP contribution in [0.4, 0.5) is 4.39 Å². The van der Waals surface area contributed by atoms with E-state index in [1.165, 1.54) is 36.2 Å². The fraction of sp³-hybridized carbons (Fsp3) is 0.750. The van der Waals surface area contributed by atoms with Gasteiger partial charge in [-0.15, -0.1) is 0 Å². The van der Waals surface area contributed by atoms with Crippen molar-refractivity contribution in [2.75, 3.05) is 7.11 Å². The van der Waals surface area contributed by atoms with Crippen molar-refractivity contribution in [1.82, 2.24) is 15.0 Å². The van der Waals surface area contributed by atoms with Crippen LogP contribution in [0.5, 0.6) is 0 Å². The Labute approximate surface area is 205 Å². The lowest BCUT2D eigenvalue weighted by Crippen LogP contribution is -2.50. The van der Waals surface area contributed by atoms with Gasteiger partial charge in [-0.3, -0.25) is 4.79 Å². The molecule has 5 aliphatic rings. The molecule has 10 atom stereocenters. The van der Waals surface area contributed by atoms with Gasteiger partial charge in [-0.25, -0.2) is 4.39 Å². The van der Waals surface area contributed by atoms with Crippen molar-refractivity contribution in [3.05, 3.63) is 24.0 Å². The first kappa shape index (κ1) is 22.3. The molecule has 0 bridgehead atoms. The molecule has 188 valence electrons. The molecule has 0 radical (unpaired) electrons. The third-order valence-corrected chi connectivity index (χ3v) is 11.4. The highest BCUT2D eigenvalue weighted by Crippen LogP contribution is 2.69. The van der Waals surface area contributed by atoms with Gasteiger partial charge in [0.05, 0.1) is 11.7 Å². The summed E-state index contributed by atoms with van der Waals surface area (Å²) in [7, 11) is 1.75. The van der Waals surface area contributed by atoms with Crippen molar-refractivity contribution in [2.24, 2.45) is 46.8 Å². The molecule has 1 N–H and O–H groups in total. The van der Waals surface area contributed by atoms with Crippen LogP contribution in [-0.4, -0.2) is 44.7 Å². The van der Waals surface area contributed by atoms with E-state index in [1.807, 2.05) is 0 Å². The second kappa shape index (κ2) is 7.58. The van der Waals surface area contributed by atoms with Gasteiger partial charge in [0.2, 0.25) is 0 Å². The lowest BCUT2D eigenvalue weighted by molar-refractivity contribution is -0.132. The minimum absolute atomic E-state index is 0.0421. The summed E-state index contributed by atoms with van der Waals surface area (Å²) in [6.07, 6.45) is 8.90. The molecular formula is C28H36FN3O3. The van der Waals surface area contributed by atoms with Gasteiger partial charge in [-0.05, 0) is 98.5 Å². The number of methoxy groups -OCH3 is 1. The Bertz CT molecular complexity index is 1180. The smallest absolute Gasteiger partial charge is 0.159 e. The van der Waals surface area contributed by atoms with Crippen molar-refractivity contribution in [3.63, 3.8) is 0 Å². The first-order valence-corrected chi connectivity index (χ1v) is 13.6. The van der Waals surface area contributed by atoms with Crippen LogP contribution in [0.15, 0.2) is 18.2 Å². The Morgan fingerprint density at radius 3 is 2.63 bits per heavy atom. The standard InChI is InChI=1S/C28H36FN3O3/c1-27-11-9-16-17-10-12-28(34)25(26(28)35-2)19(17)5-4-18(16)20(27)6-7-21(27)24(33)14-32-30-22-8-3-15(29)13-23(22)31-32/h3,8,13,16-21,25-26,34H,4-7,9-12,14H2,1-2H3/t16-,17-,18-,19-,20+,21-,25?,26?,27+,28-/m1/s1. The van der Waals surface area contributed by atoms with Gasteiger partial charge < -0.3 is 9.84 Å². The Morgan fingerprint density at radius 1 is 1.06 bits per heavy atom. The Morgan fingerprint density at radius 2 is 1.80 bits per heavy atom. The second-order valence-electron chi connectivity index (χ2n) is 12.6. The topological polar surface area (TPSA) is 77.2 Å². The molecule has 0 saturated heterocycles. The highest BCUT2D eigenvalue weighted by molar-refractivity contribution is 5.82. The quantitative estimate of drug-likeness (QED) is 0.701. The van der Waals surface area contributed by atoms with Gasteiger partial charge in [0.15, 0.2) is 5.78 Å². The van der Waals surface area contributed by atoms with E-state index in [9.17, 15) is 14.3 Å². The van der Waals surface area contributed by atoms with E-state index in [-0.39, 0.29) is 35.6 Å². The average Bonchev–Trinajstić information content (AvgIpc) is 3.08. The molecule has 1 aromatic heterocycles. The van der Waals surface area contributed by atoms with Crippen LogP contribution in [0.2, 0.25) is 0 Å². The summed E-state index contributed by atoms with van der Waals surface area (Å²) in [5, 5.41) is 19.8. The molecule has 2 aromatic rings. The number of fused-ring (bicyclic) bond motifs is 8. The molecule has 0 spiro atoms. The van der Waals surface area contributed by atoms with E-state index in [0.29, 0.717) is 40.6 Å². The van der Waals surface area contributed by atoms with E-state index in [4.69, 9.17) is 4.74 Å². The van der Waals surface area contributed by atoms with Crippen molar-refractivity contribution < 1.29 is 19.0 Å². The van der Waals surface area contributed by atoms with Crippen molar-refractivity contribution in [1.29, 1.82) is 0 Å². The number of ketones is 1. The number of carbonyl (C=O) groups is 1. The molecule has 2 unspecified atom stereocenters. The summed E-state index contributed by atoms with van der Waals surface area (Å²) in [5.41, 5.74) is 0.607. The van der Waals surface area contributed by atoms with Gasteiger partial charge in [-0.2, -0.15) is 15.0 Å². The van der Waals surface area contributed by atoms with Crippen molar-refractivity contribution in [2.45, 2.75) is 76.5 Å². The van der Waals surface area contributed by atoms with Gasteiger partial charge in [-0.1, -0.05) is 6.92 Å². The molecule has 1 aromatic carbocycles. The predicted octanol–water partition coefficient (Wildman–Crippen LogP) is 4.39. The average molecular weight is 482 g/mol. The van der Waals surface area contributed by atoms with E-state index < -0.39 is 5.60 Å². The maximum atomic E-state index is 13.5. The highest BCUT2D eigenvalue weighted by atomic mass is 19.1. The number of rotatable bonds is 4. The highest BCUT2D eigenvalue weighted by Gasteiger charge is 2.72. The van der Waals surface area contributed by atoms with Crippen molar-refractivity contribution >= 4 is 16.8 Å². The Balaban J connectivity index is 1.08. The third-order valence-electron chi connectivity index (χ3n) is 11.4. The number of Topliss-reactive ketones (excluding diaryl/α,β-unsaturated/α-hetero) is 1. The monoisotopic (exact) mass is 481 g/mol. The summed E-state index contributed by atoms with van der Waals surface area (Å²) < 4.78 is 19.2. The van der Waals surface area contributed by atoms with Gasteiger partial charge in [0, 0.05) is 25.0 Å². The maximum absolute atomic E-state index is 13.5. The number of hydrogen-bond acceptors (Lipinski definition) is 5. The fourth-order valence-electron chi connectivity index (χ4n) is 9.91. The number of nitrogens with zero attached hydrogens (tertiary/aromatic N) is 3. The molecule has 5 saturated carbocycles. The number of ether oxygens (including phenoxy) is 1. The normalized spacial score (nSPS) is 45.9. The molecule has 5 fully saturated rings. The van der Waals surface area contributed by atoms with E-state index in [0.717, 1.165) is 38.0 Å². The fourth-order valence-corrected chi connectivity index (χ4v) is 9.91. The number of aliphatic hydroxyl groups is 1. The number of halogens is 1. The lowest BCUT2D eigenvalue weighted by Gasteiger charge is -2.55. The number of carbonyl (C=O) groups excluding carboxylic acids is 1. The van der Waals surface area contributed by atoms with Crippen molar-refractivity contribution in [3.8, 4) is 0 Å². The van der Waals surface area contributed by atoms with Crippen LogP contribution >= 0.6 is 0 Å². The molecule has 0 amide bonds. The zero-order valence-electron chi connectivity index (χ0n) is 20.7. The van der Waals surface area contributed by atoms with Gasteiger partial charge in [0.1, 0.15) is 23.4 Å². The number of benzene rings is 1. The summed E-state index contributed by atoms with van der Waals surface area (Å²) in [4.78, 5) is 15.0. The first-order valence-electron chi connectivity index (χ1n) is 13.6. The SMILES string of the molecule is COC1C2[C@@H]3CC[C@@H]4[C@H](CC[C@]5(C)[C@@H](C(=O)Cn6nc7ccc(F)cc7n6)CC[C@@H]45)[C@H]3CC[C@]12O. The first-order chi connectivity index (χ1) is 16.8. The van der Waals surface area contributed by atoms with Crippen LogP contribution in [0, 0.1) is 52.7 Å². The molecule has 0 aliphatic heterocycles. The largest absolute Gasteiger partial charge is 0.387 e. The molecule has 6 nitrogen and oxygen atoms in total. The summed E-state index contributed by atoms with van der Waals surface area (Å²) in [6, 6.07) is 4.37. The minimum atomic E-state index is -0.562. The molecular weight excluding hydrogens is 445 g/mol. The van der Waals surface area contributed by atoms with Crippen LogP contribution in [0.3, 0.4) is 0 Å². The summed E-state index contributed by atoms with van der Waals surface area (Å²) in [5.74, 6) is 3.63. The van der Waals surface area contributed by atoms with Crippen LogP contribution in [-0.2, 0) is 16.1 Å². The molecule has 1 heterocycles. The van der Waals surface area contributed by atoms with Crippen LogP contribution in [0.1, 0.15) is 58.3 Å². The van der Waals surface area contributed by atoms with Crippen LogP contribution in [0.25, 0.3) is 11.0 Å². The summed E-state index contributed by atoms with van der Waals surface area (Å²) >= 11 is 0. The maximum Gasteiger partial charge on any atom is 0.159 e. The number of aromatic nitrogens is 3.